The lowest BCUT2D eigenvalue weighted by Gasteiger charge is -2.12. The first-order valence-corrected chi connectivity index (χ1v) is 10.4. The second-order valence-corrected chi connectivity index (χ2v) is 8.68. The van der Waals surface area contributed by atoms with Crippen molar-refractivity contribution < 1.29 is 17.7 Å². The Morgan fingerprint density at radius 3 is 2.62 bits per heavy atom. The summed E-state index contributed by atoms with van der Waals surface area (Å²) in [5, 5.41) is 5.24. The Balaban J connectivity index is 1.93. The summed E-state index contributed by atoms with van der Waals surface area (Å²) in [6, 6.07) is 7.66. The van der Waals surface area contributed by atoms with Gasteiger partial charge in [-0.15, -0.1) is 0 Å². The fourth-order valence-corrected chi connectivity index (χ4v) is 3.41. The molecule has 0 saturated heterocycles. The summed E-state index contributed by atoms with van der Waals surface area (Å²) in [7, 11) is -3.74. The van der Waals surface area contributed by atoms with Crippen molar-refractivity contribution in [1.82, 2.24) is 15.5 Å². The highest BCUT2D eigenvalue weighted by Gasteiger charge is 2.30. The largest absolute Gasteiger partial charge is 0.351 e. The number of sulfone groups is 1. The lowest BCUT2D eigenvalue weighted by Crippen LogP contribution is -2.38. The lowest BCUT2D eigenvalue weighted by atomic mass is 10.1. The van der Waals surface area contributed by atoms with E-state index in [1.165, 1.54) is 6.92 Å². The minimum atomic E-state index is -3.74. The Hall–Kier alpha value is -2.22. The molecule has 8 heteroatoms. The highest BCUT2D eigenvalue weighted by atomic mass is 32.2. The van der Waals surface area contributed by atoms with Crippen molar-refractivity contribution in [2.75, 3.05) is 0 Å². The van der Waals surface area contributed by atoms with Crippen LogP contribution in [0.2, 0.25) is 0 Å². The fraction of sp³-hybridized carbons (Fsp3) is 0.500. The van der Waals surface area contributed by atoms with Crippen LogP contribution >= 0.6 is 0 Å². The lowest BCUT2D eigenvalue weighted by molar-refractivity contribution is -0.120. The Kier molecular flexibility index (Phi) is 6.90. The Morgan fingerprint density at radius 2 is 1.96 bits per heavy atom. The molecule has 2 rings (SSSR count). The Morgan fingerprint density at radius 1 is 1.27 bits per heavy atom. The first kappa shape index (κ1) is 20.1. The van der Waals surface area contributed by atoms with Crippen LogP contribution in [0.3, 0.4) is 0 Å². The third-order valence-corrected chi connectivity index (χ3v) is 6.02. The third kappa shape index (κ3) is 5.66. The number of hydrogen-bond acceptors (Lipinski definition) is 6. The molecule has 0 saturated carbocycles. The number of nitrogens with one attached hydrogen (secondary N) is 1. The smallest absolute Gasteiger partial charge is 0.241 e. The molecule has 0 aliphatic heterocycles. The molecule has 1 atom stereocenters. The van der Waals surface area contributed by atoms with Gasteiger partial charge in [0, 0.05) is 13.0 Å². The quantitative estimate of drug-likeness (QED) is 0.717. The van der Waals surface area contributed by atoms with Crippen LogP contribution in [0.25, 0.3) is 0 Å². The van der Waals surface area contributed by atoms with Gasteiger partial charge in [0.25, 0.3) is 0 Å². The highest BCUT2D eigenvalue weighted by Crippen LogP contribution is 2.12. The van der Waals surface area contributed by atoms with Gasteiger partial charge in [-0.25, -0.2) is 8.42 Å². The standard InChI is InChI=1S/C18H25N3O4S/c1-4-5-6-16-20-17(25-21-16)12-26(23,24)14(3)18(22)19-11-15-9-7-13(2)8-10-15/h7-10,14H,4-6,11-12H2,1-3H3,(H,19,22). The predicted molar refractivity (Wildman–Crippen MR) is 98.0 cm³/mol. The van der Waals surface area contributed by atoms with Gasteiger partial charge in [-0.1, -0.05) is 48.3 Å². The minimum absolute atomic E-state index is 0.0225. The van der Waals surface area contributed by atoms with E-state index in [4.69, 9.17) is 4.52 Å². The van der Waals surface area contributed by atoms with Gasteiger partial charge >= 0.3 is 0 Å². The zero-order chi connectivity index (χ0) is 19.2. The molecule has 2 aromatic rings. The summed E-state index contributed by atoms with van der Waals surface area (Å²) in [5.74, 6) is -0.468. The maximum Gasteiger partial charge on any atom is 0.241 e. The average Bonchev–Trinajstić information content (AvgIpc) is 3.05. The molecule has 0 radical (unpaired) electrons. The van der Waals surface area contributed by atoms with Gasteiger partial charge in [0.2, 0.25) is 11.8 Å². The molecule has 1 aromatic carbocycles. The molecule has 0 fully saturated rings. The number of carbonyl (C=O) groups is 1. The van der Waals surface area contributed by atoms with Gasteiger partial charge in [-0.3, -0.25) is 4.79 Å². The number of aryl methyl sites for hydroxylation is 2. The normalized spacial score (nSPS) is 12.7. The van der Waals surface area contributed by atoms with E-state index in [1.54, 1.807) is 0 Å². The van der Waals surface area contributed by atoms with E-state index in [0.717, 1.165) is 24.0 Å². The number of benzene rings is 1. The minimum Gasteiger partial charge on any atom is -0.351 e. The van der Waals surface area contributed by atoms with Crippen LogP contribution in [-0.2, 0) is 33.4 Å². The monoisotopic (exact) mass is 379 g/mol. The van der Waals surface area contributed by atoms with Crippen molar-refractivity contribution in [2.24, 2.45) is 0 Å². The van der Waals surface area contributed by atoms with Gasteiger partial charge in [0.05, 0.1) is 0 Å². The van der Waals surface area contributed by atoms with Crippen LogP contribution in [0, 0.1) is 6.92 Å². The van der Waals surface area contributed by atoms with Crippen LogP contribution in [-0.4, -0.2) is 29.7 Å². The average molecular weight is 379 g/mol. The summed E-state index contributed by atoms with van der Waals surface area (Å²) in [6.07, 6.45) is 2.54. The third-order valence-electron chi connectivity index (χ3n) is 4.08. The van der Waals surface area contributed by atoms with Crippen LogP contribution in [0.4, 0.5) is 0 Å². The molecule has 0 aliphatic carbocycles. The molecule has 1 amide bonds. The van der Waals surface area contributed by atoms with E-state index in [1.807, 2.05) is 38.1 Å². The number of carbonyl (C=O) groups excluding carboxylic acids is 1. The molecule has 1 N–H and O–H groups in total. The highest BCUT2D eigenvalue weighted by molar-refractivity contribution is 7.92. The van der Waals surface area contributed by atoms with Crippen LogP contribution < -0.4 is 5.32 Å². The van der Waals surface area contributed by atoms with E-state index in [0.29, 0.717) is 12.2 Å². The number of hydrogen-bond donors (Lipinski definition) is 1. The molecule has 1 heterocycles. The molecular formula is C18H25N3O4S. The van der Waals surface area contributed by atoms with Gasteiger partial charge in [0.15, 0.2) is 15.7 Å². The SMILES string of the molecule is CCCCc1noc(CS(=O)(=O)C(C)C(=O)NCc2ccc(C)cc2)n1. The summed E-state index contributed by atoms with van der Waals surface area (Å²) < 4.78 is 29.9. The van der Waals surface area contributed by atoms with E-state index >= 15 is 0 Å². The fourth-order valence-electron chi connectivity index (χ4n) is 2.28. The molecule has 0 bridgehead atoms. The summed E-state index contributed by atoms with van der Waals surface area (Å²) >= 11 is 0. The molecule has 142 valence electrons. The molecule has 0 spiro atoms. The molecule has 26 heavy (non-hydrogen) atoms. The van der Waals surface area contributed by atoms with Gasteiger partial charge in [-0.05, 0) is 25.8 Å². The maximum absolute atomic E-state index is 12.4. The van der Waals surface area contributed by atoms with Crippen molar-refractivity contribution in [1.29, 1.82) is 0 Å². The molecular weight excluding hydrogens is 354 g/mol. The number of unbranched alkanes of at least 4 members (excludes halogenated alkanes) is 1. The Labute approximate surface area is 154 Å². The molecule has 1 aromatic heterocycles. The topological polar surface area (TPSA) is 102 Å². The van der Waals surface area contributed by atoms with Crippen molar-refractivity contribution in [3.63, 3.8) is 0 Å². The first-order chi connectivity index (χ1) is 12.3. The van der Waals surface area contributed by atoms with E-state index in [2.05, 4.69) is 15.5 Å². The Bertz CT molecular complexity index is 828. The molecule has 1 unspecified atom stereocenters. The van der Waals surface area contributed by atoms with Crippen molar-refractivity contribution >= 4 is 15.7 Å². The van der Waals surface area contributed by atoms with E-state index < -0.39 is 26.7 Å². The van der Waals surface area contributed by atoms with Crippen LogP contribution in [0.1, 0.15) is 49.5 Å². The second kappa shape index (κ2) is 8.93. The van der Waals surface area contributed by atoms with E-state index in [9.17, 15) is 13.2 Å². The first-order valence-electron chi connectivity index (χ1n) is 8.68. The van der Waals surface area contributed by atoms with Gasteiger partial charge < -0.3 is 9.84 Å². The summed E-state index contributed by atoms with van der Waals surface area (Å²) in [5.41, 5.74) is 2.03. The molecule has 0 aliphatic rings. The maximum atomic E-state index is 12.4. The number of amides is 1. The van der Waals surface area contributed by atoms with Gasteiger partial charge in [-0.2, -0.15) is 4.98 Å². The zero-order valence-electron chi connectivity index (χ0n) is 15.4. The summed E-state index contributed by atoms with van der Waals surface area (Å²) in [6.45, 7) is 5.67. The van der Waals surface area contributed by atoms with Crippen molar-refractivity contribution in [2.45, 2.75) is 57.6 Å². The van der Waals surface area contributed by atoms with Crippen LogP contribution in [0.15, 0.2) is 28.8 Å². The van der Waals surface area contributed by atoms with Gasteiger partial charge in [0.1, 0.15) is 11.0 Å². The predicted octanol–water partition coefficient (Wildman–Crippen LogP) is 2.34. The number of nitrogens with zero attached hydrogens (tertiary/aromatic N) is 2. The number of rotatable bonds is 9. The van der Waals surface area contributed by atoms with Crippen molar-refractivity contribution in [3.05, 3.63) is 47.1 Å². The molecule has 7 nitrogen and oxygen atoms in total. The van der Waals surface area contributed by atoms with Crippen LogP contribution in [0.5, 0.6) is 0 Å². The zero-order valence-corrected chi connectivity index (χ0v) is 16.2. The van der Waals surface area contributed by atoms with Crippen molar-refractivity contribution in [3.8, 4) is 0 Å². The second-order valence-electron chi connectivity index (χ2n) is 6.36. The number of aromatic nitrogens is 2. The summed E-state index contributed by atoms with van der Waals surface area (Å²) in [4.78, 5) is 16.3. The van der Waals surface area contributed by atoms with E-state index in [-0.39, 0.29) is 12.4 Å².